The summed E-state index contributed by atoms with van der Waals surface area (Å²) in [6, 6.07) is 5.52. The molecule has 1 aromatic heterocycles. The second-order valence-corrected chi connectivity index (χ2v) is 4.09. The maximum Gasteiger partial charge on any atom is 0.0729 e. The Balaban J connectivity index is 2.04. The van der Waals surface area contributed by atoms with Crippen LogP contribution in [0.25, 0.3) is 0 Å². The Morgan fingerprint density at radius 1 is 1.44 bits per heavy atom. The predicted molar refractivity (Wildman–Crippen MR) is 66.4 cm³/mol. The van der Waals surface area contributed by atoms with E-state index in [0.29, 0.717) is 17.3 Å². The molecule has 4 nitrogen and oxygen atoms in total. The molecule has 84 valence electrons. The van der Waals surface area contributed by atoms with Gasteiger partial charge in [-0.25, -0.2) is 0 Å². The molecule has 0 bridgehead atoms. The number of rotatable bonds is 3. The highest BCUT2D eigenvalue weighted by atomic mass is 35.5. The maximum atomic E-state index is 5.91. The van der Waals surface area contributed by atoms with Gasteiger partial charge in [-0.15, -0.1) is 0 Å². The van der Waals surface area contributed by atoms with E-state index in [2.05, 4.69) is 10.4 Å². The molecule has 0 aliphatic heterocycles. The number of anilines is 2. The average Bonchev–Trinajstić information content (AvgIpc) is 2.60. The molecule has 0 saturated heterocycles. The van der Waals surface area contributed by atoms with Crippen LogP contribution in [0.2, 0.25) is 5.02 Å². The van der Waals surface area contributed by atoms with Gasteiger partial charge >= 0.3 is 0 Å². The monoisotopic (exact) mass is 236 g/mol. The lowest BCUT2D eigenvalue weighted by atomic mass is 10.2. The highest BCUT2D eigenvalue weighted by Crippen LogP contribution is 2.17. The Hall–Kier alpha value is -1.68. The van der Waals surface area contributed by atoms with Gasteiger partial charge in [-0.2, -0.15) is 5.10 Å². The van der Waals surface area contributed by atoms with Gasteiger partial charge in [0.05, 0.1) is 11.9 Å². The number of nitrogens with two attached hydrogens (primary N) is 1. The Labute approximate surface area is 99.0 Å². The number of hydrogen-bond donors (Lipinski definition) is 2. The SMILES string of the molecule is Cn1cc(NCc2cc(N)cc(Cl)c2)cn1. The van der Waals surface area contributed by atoms with Gasteiger partial charge in [0.15, 0.2) is 0 Å². The molecule has 0 fully saturated rings. The molecule has 1 heterocycles. The van der Waals surface area contributed by atoms with E-state index in [-0.39, 0.29) is 0 Å². The fourth-order valence-corrected chi connectivity index (χ4v) is 1.76. The van der Waals surface area contributed by atoms with Gasteiger partial charge in [-0.05, 0) is 23.8 Å². The molecule has 16 heavy (non-hydrogen) atoms. The van der Waals surface area contributed by atoms with Gasteiger partial charge < -0.3 is 11.1 Å². The molecule has 0 unspecified atom stereocenters. The number of nitrogens with zero attached hydrogens (tertiary/aromatic N) is 2. The van der Waals surface area contributed by atoms with E-state index in [4.69, 9.17) is 17.3 Å². The van der Waals surface area contributed by atoms with Crippen LogP contribution in [0.4, 0.5) is 11.4 Å². The number of aromatic nitrogens is 2. The van der Waals surface area contributed by atoms with E-state index >= 15 is 0 Å². The summed E-state index contributed by atoms with van der Waals surface area (Å²) in [5, 5.41) is 7.96. The van der Waals surface area contributed by atoms with Crippen molar-refractivity contribution in [1.82, 2.24) is 9.78 Å². The van der Waals surface area contributed by atoms with Gasteiger partial charge in [0.2, 0.25) is 0 Å². The van der Waals surface area contributed by atoms with E-state index in [9.17, 15) is 0 Å². The molecular weight excluding hydrogens is 224 g/mol. The van der Waals surface area contributed by atoms with Crippen LogP contribution in [0.1, 0.15) is 5.56 Å². The summed E-state index contributed by atoms with van der Waals surface area (Å²) in [4.78, 5) is 0. The zero-order chi connectivity index (χ0) is 11.5. The van der Waals surface area contributed by atoms with Gasteiger partial charge in [-0.1, -0.05) is 11.6 Å². The van der Waals surface area contributed by atoms with Crippen molar-refractivity contribution in [3.05, 3.63) is 41.2 Å². The summed E-state index contributed by atoms with van der Waals surface area (Å²) in [5.41, 5.74) is 8.40. The molecule has 3 N–H and O–H groups in total. The number of nitrogens with one attached hydrogen (secondary N) is 1. The average molecular weight is 237 g/mol. The summed E-state index contributed by atoms with van der Waals surface area (Å²) in [6.07, 6.45) is 3.68. The number of halogens is 1. The van der Waals surface area contributed by atoms with Crippen LogP contribution in [-0.2, 0) is 13.6 Å². The topological polar surface area (TPSA) is 55.9 Å². The standard InChI is InChI=1S/C11H13ClN4/c1-16-7-11(6-15-16)14-5-8-2-9(12)4-10(13)3-8/h2-4,6-7,14H,5,13H2,1H3. The largest absolute Gasteiger partial charge is 0.399 e. The van der Waals surface area contributed by atoms with Crippen molar-refractivity contribution < 1.29 is 0 Å². The Kier molecular flexibility index (Phi) is 3.01. The Morgan fingerprint density at radius 2 is 2.25 bits per heavy atom. The molecule has 5 heteroatoms. The van der Waals surface area contributed by atoms with Crippen LogP contribution in [0, 0.1) is 0 Å². The van der Waals surface area contributed by atoms with Crippen LogP contribution in [0.3, 0.4) is 0 Å². The Morgan fingerprint density at radius 3 is 2.88 bits per heavy atom. The molecule has 0 amide bonds. The minimum atomic E-state index is 0.656. The zero-order valence-corrected chi connectivity index (χ0v) is 9.70. The van der Waals surface area contributed by atoms with Crippen molar-refractivity contribution in [3.63, 3.8) is 0 Å². The summed E-state index contributed by atoms with van der Waals surface area (Å²) >= 11 is 5.91. The van der Waals surface area contributed by atoms with E-state index in [1.807, 2.05) is 25.4 Å². The molecule has 0 radical (unpaired) electrons. The maximum absolute atomic E-state index is 5.91. The van der Waals surface area contributed by atoms with E-state index in [0.717, 1.165) is 11.3 Å². The third-order valence-corrected chi connectivity index (χ3v) is 2.40. The highest BCUT2D eigenvalue weighted by Gasteiger charge is 1.99. The molecule has 0 spiro atoms. The first-order valence-corrected chi connectivity index (χ1v) is 5.29. The normalized spacial score (nSPS) is 10.4. The van der Waals surface area contributed by atoms with Crippen molar-refractivity contribution in [2.24, 2.45) is 7.05 Å². The van der Waals surface area contributed by atoms with Gasteiger partial charge in [0.25, 0.3) is 0 Å². The molecule has 2 rings (SSSR count). The fraction of sp³-hybridized carbons (Fsp3) is 0.182. The number of hydrogen-bond acceptors (Lipinski definition) is 3. The minimum Gasteiger partial charge on any atom is -0.399 e. The molecule has 0 aliphatic rings. The first-order valence-electron chi connectivity index (χ1n) is 4.91. The Bertz CT molecular complexity index is 472. The van der Waals surface area contributed by atoms with Crippen LogP contribution < -0.4 is 11.1 Å². The summed E-state index contributed by atoms with van der Waals surface area (Å²) in [7, 11) is 1.88. The zero-order valence-electron chi connectivity index (χ0n) is 8.94. The molecule has 0 atom stereocenters. The third kappa shape index (κ3) is 2.67. The van der Waals surface area contributed by atoms with Crippen molar-refractivity contribution in [3.8, 4) is 0 Å². The minimum absolute atomic E-state index is 0.656. The predicted octanol–water partition coefficient (Wildman–Crippen LogP) is 2.27. The van der Waals surface area contributed by atoms with Crippen LogP contribution in [0.15, 0.2) is 30.6 Å². The lowest BCUT2D eigenvalue weighted by Crippen LogP contribution is -1.99. The lowest BCUT2D eigenvalue weighted by Gasteiger charge is -2.05. The van der Waals surface area contributed by atoms with Gasteiger partial charge in [0, 0.05) is 30.5 Å². The smallest absolute Gasteiger partial charge is 0.0729 e. The van der Waals surface area contributed by atoms with Crippen molar-refractivity contribution >= 4 is 23.0 Å². The van der Waals surface area contributed by atoms with Crippen molar-refractivity contribution in [2.75, 3.05) is 11.1 Å². The van der Waals surface area contributed by atoms with Crippen LogP contribution >= 0.6 is 11.6 Å². The molecule has 0 saturated carbocycles. The second kappa shape index (κ2) is 4.45. The third-order valence-electron chi connectivity index (χ3n) is 2.18. The molecule has 0 aliphatic carbocycles. The molecular formula is C11H13ClN4. The lowest BCUT2D eigenvalue weighted by molar-refractivity contribution is 0.768. The fourth-order valence-electron chi connectivity index (χ4n) is 1.49. The summed E-state index contributed by atoms with van der Waals surface area (Å²) in [5.74, 6) is 0. The van der Waals surface area contributed by atoms with Crippen molar-refractivity contribution in [2.45, 2.75) is 6.54 Å². The van der Waals surface area contributed by atoms with E-state index in [1.54, 1.807) is 16.9 Å². The van der Waals surface area contributed by atoms with E-state index < -0.39 is 0 Å². The second-order valence-electron chi connectivity index (χ2n) is 3.65. The van der Waals surface area contributed by atoms with Gasteiger partial charge in [0.1, 0.15) is 0 Å². The van der Waals surface area contributed by atoms with Crippen LogP contribution in [0.5, 0.6) is 0 Å². The first-order chi connectivity index (χ1) is 7.63. The van der Waals surface area contributed by atoms with Crippen molar-refractivity contribution in [1.29, 1.82) is 0 Å². The molecule has 1 aromatic carbocycles. The summed E-state index contributed by atoms with van der Waals surface area (Å²) < 4.78 is 1.74. The number of aryl methyl sites for hydroxylation is 1. The highest BCUT2D eigenvalue weighted by molar-refractivity contribution is 6.30. The van der Waals surface area contributed by atoms with Gasteiger partial charge in [-0.3, -0.25) is 4.68 Å². The summed E-state index contributed by atoms with van der Waals surface area (Å²) in [6.45, 7) is 0.677. The molecule has 2 aromatic rings. The number of benzene rings is 1. The van der Waals surface area contributed by atoms with Crippen LogP contribution in [-0.4, -0.2) is 9.78 Å². The van der Waals surface area contributed by atoms with E-state index in [1.165, 1.54) is 0 Å². The quantitative estimate of drug-likeness (QED) is 0.804. The first kappa shape index (κ1) is 10.8. The number of nitrogen functional groups attached to an aromatic ring is 1.